The van der Waals surface area contributed by atoms with Gasteiger partial charge in [0.15, 0.2) is 0 Å². The van der Waals surface area contributed by atoms with Crippen molar-refractivity contribution in [1.29, 1.82) is 0 Å². The predicted octanol–water partition coefficient (Wildman–Crippen LogP) is 2.77. The van der Waals surface area contributed by atoms with E-state index < -0.39 is 0 Å². The van der Waals surface area contributed by atoms with Crippen molar-refractivity contribution in [3.8, 4) is 0 Å². The molecule has 1 aromatic heterocycles. The quantitative estimate of drug-likeness (QED) is 0.358. The van der Waals surface area contributed by atoms with Crippen molar-refractivity contribution in [2.75, 3.05) is 27.2 Å². The molecule has 1 heterocycles. The predicted molar refractivity (Wildman–Crippen MR) is 114 cm³/mol. The van der Waals surface area contributed by atoms with Gasteiger partial charge in [-0.25, -0.2) is 0 Å². The Morgan fingerprint density at radius 2 is 2.15 bits per heavy atom. The molecule has 0 aliphatic carbocycles. The molecule has 0 unspecified atom stereocenters. The van der Waals surface area contributed by atoms with E-state index in [1.165, 1.54) is 11.6 Å². The minimum absolute atomic E-state index is 0.223. The number of likely N-dealkylation sites (N-methyl/N-ethyl adjacent to an activating group) is 1. The zero-order chi connectivity index (χ0) is 20.2. The molecule has 0 saturated carbocycles. The van der Waals surface area contributed by atoms with Crippen LogP contribution >= 0.6 is 0 Å². The van der Waals surface area contributed by atoms with E-state index in [0.717, 1.165) is 41.9 Å². The van der Waals surface area contributed by atoms with Gasteiger partial charge >= 0.3 is 0 Å². The number of hydrogen-bond donors (Lipinski definition) is 2. The molecule has 0 aromatic carbocycles. The SMILES string of the molecule is C=C/C=C(\C(C(CNC(=O)C=C)=NC)=C(/C)CC)c1cnn(CCNC)c1. The van der Waals surface area contributed by atoms with Crippen LogP contribution in [-0.2, 0) is 11.3 Å². The third-order valence-corrected chi connectivity index (χ3v) is 4.22. The van der Waals surface area contributed by atoms with Gasteiger partial charge in [0, 0.05) is 30.9 Å². The molecule has 0 aliphatic rings. The lowest BCUT2D eigenvalue weighted by Gasteiger charge is -2.17. The molecular weight excluding hydrogens is 338 g/mol. The summed E-state index contributed by atoms with van der Waals surface area (Å²) in [6, 6.07) is 0. The largest absolute Gasteiger partial charge is 0.347 e. The molecule has 6 heteroatoms. The van der Waals surface area contributed by atoms with Crippen molar-refractivity contribution >= 4 is 17.2 Å². The van der Waals surface area contributed by atoms with Gasteiger partial charge in [-0.1, -0.05) is 37.8 Å². The van der Waals surface area contributed by atoms with Gasteiger partial charge in [0.1, 0.15) is 0 Å². The zero-order valence-electron chi connectivity index (χ0n) is 16.9. The van der Waals surface area contributed by atoms with Crippen LogP contribution in [0.5, 0.6) is 0 Å². The van der Waals surface area contributed by atoms with Crippen LogP contribution < -0.4 is 10.6 Å². The molecule has 0 aliphatic heterocycles. The number of allylic oxidation sites excluding steroid dienone is 4. The van der Waals surface area contributed by atoms with Crippen molar-refractivity contribution in [2.45, 2.75) is 26.8 Å². The first kappa shape index (κ1) is 22.3. The third kappa shape index (κ3) is 6.49. The van der Waals surface area contributed by atoms with Crippen LogP contribution in [0.1, 0.15) is 25.8 Å². The highest BCUT2D eigenvalue weighted by atomic mass is 16.1. The van der Waals surface area contributed by atoms with E-state index in [1.807, 2.05) is 30.2 Å². The van der Waals surface area contributed by atoms with Crippen molar-refractivity contribution in [3.05, 3.63) is 60.5 Å². The fraction of sp³-hybridized carbons (Fsp3) is 0.381. The number of rotatable bonds is 11. The molecule has 1 aromatic rings. The Hall–Kier alpha value is -2.73. The first-order valence-corrected chi connectivity index (χ1v) is 9.08. The number of hydrogen-bond acceptors (Lipinski definition) is 4. The van der Waals surface area contributed by atoms with Gasteiger partial charge < -0.3 is 10.6 Å². The van der Waals surface area contributed by atoms with Gasteiger partial charge in [-0.15, -0.1) is 0 Å². The molecule has 2 N–H and O–H groups in total. The van der Waals surface area contributed by atoms with Crippen LogP contribution in [0, 0.1) is 0 Å². The van der Waals surface area contributed by atoms with E-state index in [4.69, 9.17) is 0 Å². The molecule has 1 rings (SSSR count). The normalized spacial score (nSPS) is 13.2. The number of aliphatic imine (C=N–C) groups is 1. The second-order valence-electron chi connectivity index (χ2n) is 6.01. The monoisotopic (exact) mass is 369 g/mol. The summed E-state index contributed by atoms with van der Waals surface area (Å²) in [5.74, 6) is -0.223. The standard InChI is InChI=1S/C21H31N5O/c1-7-10-18(17-13-25-26(15-17)12-11-22-5)21(16(4)8-2)19(23-6)14-24-20(27)9-3/h7,9-10,13,15,22H,1,3,8,11-12,14H2,2,4-6H3,(H,24,27)/b18-10-,21-16-,23-19?. The minimum Gasteiger partial charge on any atom is -0.347 e. The van der Waals surface area contributed by atoms with Crippen molar-refractivity contribution < 1.29 is 4.79 Å². The summed E-state index contributed by atoms with van der Waals surface area (Å²) < 4.78 is 1.91. The fourth-order valence-electron chi connectivity index (χ4n) is 2.62. The minimum atomic E-state index is -0.223. The van der Waals surface area contributed by atoms with Gasteiger partial charge in [-0.3, -0.25) is 14.5 Å². The van der Waals surface area contributed by atoms with Gasteiger partial charge in [-0.05, 0) is 32.0 Å². The van der Waals surface area contributed by atoms with Gasteiger partial charge in [-0.2, -0.15) is 5.10 Å². The van der Waals surface area contributed by atoms with Crippen molar-refractivity contribution in [1.82, 2.24) is 20.4 Å². The fourth-order valence-corrected chi connectivity index (χ4v) is 2.62. The first-order chi connectivity index (χ1) is 13.0. The number of amides is 1. The van der Waals surface area contributed by atoms with E-state index in [9.17, 15) is 4.79 Å². The lowest BCUT2D eigenvalue weighted by molar-refractivity contribution is -0.116. The molecule has 0 atom stereocenters. The third-order valence-electron chi connectivity index (χ3n) is 4.22. The molecule has 0 bridgehead atoms. The number of carbonyl (C=O) groups excluding carboxylic acids is 1. The summed E-state index contributed by atoms with van der Waals surface area (Å²) in [6.07, 6.45) is 9.73. The van der Waals surface area contributed by atoms with Crippen LogP contribution in [0.15, 0.2) is 59.9 Å². The molecule has 0 spiro atoms. The van der Waals surface area contributed by atoms with E-state index in [2.05, 4.69) is 47.7 Å². The van der Waals surface area contributed by atoms with Gasteiger partial charge in [0.2, 0.25) is 5.91 Å². The Bertz CT molecular complexity index is 752. The summed E-state index contributed by atoms with van der Waals surface area (Å²) in [7, 11) is 3.65. The molecule has 27 heavy (non-hydrogen) atoms. The van der Waals surface area contributed by atoms with Crippen LogP contribution in [-0.4, -0.2) is 48.6 Å². The van der Waals surface area contributed by atoms with Gasteiger partial charge in [0.05, 0.1) is 25.0 Å². The number of nitrogens with one attached hydrogen (secondary N) is 2. The molecule has 0 fully saturated rings. The highest BCUT2D eigenvalue weighted by Gasteiger charge is 2.18. The zero-order valence-corrected chi connectivity index (χ0v) is 16.9. The first-order valence-electron chi connectivity index (χ1n) is 9.08. The summed E-state index contributed by atoms with van der Waals surface area (Å²) in [4.78, 5) is 16.1. The van der Waals surface area contributed by atoms with Crippen molar-refractivity contribution in [2.24, 2.45) is 4.99 Å². The molecule has 6 nitrogen and oxygen atoms in total. The van der Waals surface area contributed by atoms with Crippen LogP contribution in [0.25, 0.3) is 5.57 Å². The summed E-state index contributed by atoms with van der Waals surface area (Å²) >= 11 is 0. The average molecular weight is 370 g/mol. The topological polar surface area (TPSA) is 71.3 Å². The molecule has 0 radical (unpaired) electrons. The summed E-state index contributed by atoms with van der Waals surface area (Å²) in [5, 5.41) is 10.4. The molecule has 146 valence electrons. The summed E-state index contributed by atoms with van der Waals surface area (Å²) in [5.41, 5.74) is 4.98. The Morgan fingerprint density at radius 1 is 1.41 bits per heavy atom. The molecular formula is C21H31N5O. The molecule has 0 saturated heterocycles. The van der Waals surface area contributed by atoms with E-state index in [1.54, 1.807) is 13.1 Å². The Labute approximate surface area is 162 Å². The highest BCUT2D eigenvalue weighted by Crippen LogP contribution is 2.28. The van der Waals surface area contributed by atoms with Gasteiger partial charge in [0.25, 0.3) is 0 Å². The number of carbonyl (C=O) groups is 1. The van der Waals surface area contributed by atoms with Crippen molar-refractivity contribution in [3.63, 3.8) is 0 Å². The molecule has 1 amide bonds. The lowest BCUT2D eigenvalue weighted by Crippen LogP contribution is -2.29. The van der Waals surface area contributed by atoms with Crippen LogP contribution in [0.3, 0.4) is 0 Å². The Morgan fingerprint density at radius 3 is 2.70 bits per heavy atom. The number of nitrogens with zero attached hydrogens (tertiary/aromatic N) is 3. The number of aromatic nitrogens is 2. The van der Waals surface area contributed by atoms with E-state index in [0.29, 0.717) is 6.54 Å². The van der Waals surface area contributed by atoms with Crippen LogP contribution in [0.2, 0.25) is 0 Å². The van der Waals surface area contributed by atoms with Crippen LogP contribution in [0.4, 0.5) is 0 Å². The lowest BCUT2D eigenvalue weighted by atomic mass is 9.90. The highest BCUT2D eigenvalue weighted by molar-refractivity contribution is 6.15. The summed E-state index contributed by atoms with van der Waals surface area (Å²) in [6.45, 7) is 13.5. The Kier molecular flexibility index (Phi) is 9.75. The maximum absolute atomic E-state index is 11.6. The van der Waals surface area contributed by atoms with E-state index in [-0.39, 0.29) is 5.91 Å². The van der Waals surface area contributed by atoms with E-state index >= 15 is 0 Å². The maximum Gasteiger partial charge on any atom is 0.243 e. The smallest absolute Gasteiger partial charge is 0.243 e. The second-order valence-corrected chi connectivity index (χ2v) is 6.01. The average Bonchev–Trinajstić information content (AvgIpc) is 3.16. The Balaban J connectivity index is 3.33. The second kappa shape index (κ2) is 11.8. The maximum atomic E-state index is 11.6.